The van der Waals surface area contributed by atoms with Crippen molar-refractivity contribution in [2.75, 3.05) is 6.26 Å². The number of thioether (sulfide) groups is 1. The van der Waals surface area contributed by atoms with Crippen molar-refractivity contribution in [1.29, 1.82) is 0 Å². The van der Waals surface area contributed by atoms with Gasteiger partial charge in [0.25, 0.3) is 5.78 Å². The average molecular weight is 350 g/mol. The summed E-state index contributed by atoms with van der Waals surface area (Å²) in [5.41, 5.74) is 7.55. The summed E-state index contributed by atoms with van der Waals surface area (Å²) in [7, 11) is 0. The highest BCUT2D eigenvalue weighted by molar-refractivity contribution is 7.98. The summed E-state index contributed by atoms with van der Waals surface area (Å²) < 4.78 is 1.70. The van der Waals surface area contributed by atoms with Crippen molar-refractivity contribution in [1.82, 2.24) is 30.4 Å². The lowest BCUT2D eigenvalue weighted by Crippen LogP contribution is -2.43. The number of hydrogen-bond donors (Lipinski definition) is 2. The highest BCUT2D eigenvalue weighted by Crippen LogP contribution is 2.17. The van der Waals surface area contributed by atoms with Crippen molar-refractivity contribution in [3.05, 3.63) is 17.0 Å². The van der Waals surface area contributed by atoms with Crippen molar-refractivity contribution in [3.63, 3.8) is 0 Å². The Balaban J connectivity index is 2.07. The third kappa shape index (κ3) is 4.02. The number of aryl methyl sites for hydroxylation is 2. The normalized spacial score (nSPS) is 11.1. The molecule has 0 aromatic carbocycles. The summed E-state index contributed by atoms with van der Waals surface area (Å²) in [6.07, 6.45) is 2.67. The zero-order valence-corrected chi connectivity index (χ0v) is 15.3. The Morgan fingerprint density at radius 1 is 1.21 bits per heavy atom. The molecule has 9 heteroatoms. The standard InChI is InChI=1S/C15H22N6O2S/c1-8(2)13(23)19-18-12(22)7-6-11-9(3)16-14-17-15(24-5)20-21(14)10(11)4/h8H,6-7H2,1-5H3,(H,18,22)(H,19,23). The zero-order chi connectivity index (χ0) is 17.9. The smallest absolute Gasteiger partial charge is 0.253 e. The second kappa shape index (κ2) is 7.61. The van der Waals surface area contributed by atoms with Gasteiger partial charge in [0, 0.05) is 23.7 Å². The number of fused-ring (bicyclic) bond motifs is 1. The van der Waals surface area contributed by atoms with Crippen LogP contribution in [0.1, 0.15) is 37.2 Å². The molecule has 0 saturated carbocycles. The van der Waals surface area contributed by atoms with Crippen molar-refractivity contribution in [2.24, 2.45) is 5.92 Å². The maximum Gasteiger partial charge on any atom is 0.253 e. The van der Waals surface area contributed by atoms with Gasteiger partial charge in [-0.1, -0.05) is 25.6 Å². The molecule has 0 aliphatic carbocycles. The van der Waals surface area contributed by atoms with Crippen molar-refractivity contribution in [2.45, 2.75) is 45.7 Å². The maximum absolute atomic E-state index is 11.9. The van der Waals surface area contributed by atoms with Crippen molar-refractivity contribution >= 4 is 29.4 Å². The minimum absolute atomic E-state index is 0.181. The third-order valence-electron chi connectivity index (χ3n) is 3.66. The number of hydrazine groups is 1. The highest BCUT2D eigenvalue weighted by atomic mass is 32.2. The predicted octanol–water partition coefficient (Wildman–Crippen LogP) is 1.20. The fourth-order valence-corrected chi connectivity index (χ4v) is 2.55. The fraction of sp³-hybridized carbons (Fsp3) is 0.533. The first-order chi connectivity index (χ1) is 11.3. The first kappa shape index (κ1) is 18.2. The number of carbonyl (C=O) groups excluding carboxylic acids is 2. The molecule has 2 N–H and O–H groups in total. The van der Waals surface area contributed by atoms with Crippen LogP contribution < -0.4 is 10.9 Å². The molecule has 0 unspecified atom stereocenters. The quantitative estimate of drug-likeness (QED) is 0.621. The van der Waals surface area contributed by atoms with Gasteiger partial charge < -0.3 is 0 Å². The summed E-state index contributed by atoms with van der Waals surface area (Å²) in [6, 6.07) is 0. The van der Waals surface area contributed by atoms with E-state index < -0.39 is 0 Å². The molecule has 2 rings (SSSR count). The summed E-state index contributed by atoms with van der Waals surface area (Å²) >= 11 is 1.46. The molecule has 0 fully saturated rings. The lowest BCUT2D eigenvalue weighted by molar-refractivity contribution is -0.130. The number of hydrogen-bond acceptors (Lipinski definition) is 6. The van der Waals surface area contributed by atoms with Gasteiger partial charge in [0.2, 0.25) is 17.0 Å². The molecular weight excluding hydrogens is 328 g/mol. The van der Waals surface area contributed by atoms with E-state index in [1.165, 1.54) is 11.8 Å². The van der Waals surface area contributed by atoms with E-state index in [2.05, 4.69) is 25.9 Å². The van der Waals surface area contributed by atoms with Gasteiger partial charge >= 0.3 is 0 Å². The van der Waals surface area contributed by atoms with E-state index in [4.69, 9.17) is 0 Å². The molecule has 0 aliphatic rings. The Morgan fingerprint density at radius 3 is 2.54 bits per heavy atom. The number of nitrogens with zero attached hydrogens (tertiary/aromatic N) is 4. The lowest BCUT2D eigenvalue weighted by Gasteiger charge is -2.11. The number of nitrogens with one attached hydrogen (secondary N) is 2. The minimum atomic E-state index is -0.244. The van der Waals surface area contributed by atoms with Gasteiger partial charge in [0.15, 0.2) is 0 Å². The molecular formula is C15H22N6O2S. The zero-order valence-electron chi connectivity index (χ0n) is 14.5. The van der Waals surface area contributed by atoms with E-state index in [1.54, 1.807) is 18.4 Å². The van der Waals surface area contributed by atoms with Crippen LogP contribution in [-0.2, 0) is 16.0 Å². The van der Waals surface area contributed by atoms with Gasteiger partial charge in [0.05, 0.1) is 0 Å². The molecule has 130 valence electrons. The molecule has 8 nitrogen and oxygen atoms in total. The van der Waals surface area contributed by atoms with Gasteiger partial charge in [0.1, 0.15) is 0 Å². The minimum Gasteiger partial charge on any atom is -0.273 e. The molecule has 2 aromatic heterocycles. The molecule has 0 saturated heterocycles. The largest absolute Gasteiger partial charge is 0.273 e. The summed E-state index contributed by atoms with van der Waals surface area (Å²) in [6.45, 7) is 7.36. The van der Waals surface area contributed by atoms with E-state index >= 15 is 0 Å². The van der Waals surface area contributed by atoms with Crippen LogP contribution in [0.3, 0.4) is 0 Å². The van der Waals surface area contributed by atoms with Gasteiger partial charge in [-0.3, -0.25) is 20.4 Å². The fourth-order valence-electron chi connectivity index (χ4n) is 2.21. The SMILES string of the molecule is CSc1nc2nc(C)c(CCC(=O)NNC(=O)C(C)C)c(C)n2n1. The van der Waals surface area contributed by atoms with Crippen LogP contribution in [0.2, 0.25) is 0 Å². The Kier molecular flexibility index (Phi) is 5.76. The predicted molar refractivity (Wildman–Crippen MR) is 91.5 cm³/mol. The molecule has 0 bridgehead atoms. The third-order valence-corrected chi connectivity index (χ3v) is 4.20. The van der Waals surface area contributed by atoms with E-state index in [1.807, 2.05) is 20.1 Å². The molecule has 2 heterocycles. The number of carbonyl (C=O) groups is 2. The van der Waals surface area contributed by atoms with Gasteiger partial charge in [-0.15, -0.1) is 5.10 Å². The molecule has 2 amide bonds. The van der Waals surface area contributed by atoms with Crippen LogP contribution in [-0.4, -0.2) is 37.7 Å². The van der Waals surface area contributed by atoms with Crippen LogP contribution in [0.25, 0.3) is 5.78 Å². The van der Waals surface area contributed by atoms with Crippen LogP contribution in [0.15, 0.2) is 5.16 Å². The topological polar surface area (TPSA) is 101 Å². The number of rotatable bonds is 5. The maximum atomic E-state index is 11.9. The van der Waals surface area contributed by atoms with E-state index in [-0.39, 0.29) is 24.2 Å². The summed E-state index contributed by atoms with van der Waals surface area (Å²) in [4.78, 5) is 32.1. The van der Waals surface area contributed by atoms with Crippen molar-refractivity contribution < 1.29 is 9.59 Å². The molecule has 0 atom stereocenters. The Morgan fingerprint density at radius 2 is 1.92 bits per heavy atom. The van der Waals surface area contributed by atoms with E-state index in [0.717, 1.165) is 17.0 Å². The molecule has 2 aromatic rings. The summed E-state index contributed by atoms with van der Waals surface area (Å²) in [5.74, 6) is -0.0802. The highest BCUT2D eigenvalue weighted by Gasteiger charge is 2.15. The Bertz CT molecular complexity index is 771. The van der Waals surface area contributed by atoms with E-state index in [0.29, 0.717) is 17.4 Å². The van der Waals surface area contributed by atoms with Crippen LogP contribution in [0.4, 0.5) is 0 Å². The lowest BCUT2D eigenvalue weighted by atomic mass is 10.1. The van der Waals surface area contributed by atoms with Crippen molar-refractivity contribution in [3.8, 4) is 0 Å². The number of aromatic nitrogens is 4. The van der Waals surface area contributed by atoms with Crippen LogP contribution >= 0.6 is 11.8 Å². The van der Waals surface area contributed by atoms with Crippen LogP contribution in [0, 0.1) is 19.8 Å². The van der Waals surface area contributed by atoms with Crippen LogP contribution in [0.5, 0.6) is 0 Å². The summed E-state index contributed by atoms with van der Waals surface area (Å²) in [5, 5.41) is 5.05. The molecule has 0 spiro atoms. The van der Waals surface area contributed by atoms with Gasteiger partial charge in [-0.25, -0.2) is 9.50 Å². The second-order valence-electron chi connectivity index (χ2n) is 5.76. The van der Waals surface area contributed by atoms with Gasteiger partial charge in [-0.05, 0) is 32.1 Å². The second-order valence-corrected chi connectivity index (χ2v) is 6.54. The Labute approximate surface area is 144 Å². The molecule has 24 heavy (non-hydrogen) atoms. The van der Waals surface area contributed by atoms with E-state index in [9.17, 15) is 9.59 Å². The first-order valence-corrected chi connectivity index (χ1v) is 8.91. The molecule has 0 radical (unpaired) electrons. The monoisotopic (exact) mass is 350 g/mol. The van der Waals surface area contributed by atoms with Gasteiger partial charge in [-0.2, -0.15) is 4.98 Å². The average Bonchev–Trinajstić information content (AvgIpc) is 2.95. The Hall–Kier alpha value is -2.16. The number of amides is 2. The molecule has 0 aliphatic heterocycles. The first-order valence-electron chi connectivity index (χ1n) is 7.69.